The summed E-state index contributed by atoms with van der Waals surface area (Å²) in [5.41, 5.74) is -0.0470. The fourth-order valence-corrected chi connectivity index (χ4v) is 4.69. The second-order valence-corrected chi connectivity index (χ2v) is 8.27. The Morgan fingerprint density at radius 1 is 0.800 bits per heavy atom. The molecule has 124 valence electrons. The van der Waals surface area contributed by atoms with E-state index in [0.29, 0.717) is 0 Å². The van der Waals surface area contributed by atoms with Gasteiger partial charge in [-0.25, -0.2) is 0 Å². The molecular formula is C16H37O3P. The van der Waals surface area contributed by atoms with Crippen LogP contribution in [-0.2, 0) is 4.52 Å². The first kappa shape index (κ1) is 20.3. The summed E-state index contributed by atoms with van der Waals surface area (Å²) >= 11 is 0. The van der Waals surface area contributed by atoms with Gasteiger partial charge in [0.1, 0.15) is 0 Å². The van der Waals surface area contributed by atoms with Gasteiger partial charge >= 0.3 is 126 Å². The summed E-state index contributed by atoms with van der Waals surface area (Å²) in [6, 6.07) is 0. The van der Waals surface area contributed by atoms with Gasteiger partial charge in [0.15, 0.2) is 0 Å². The Balaban J connectivity index is 4.32. The van der Waals surface area contributed by atoms with Crippen molar-refractivity contribution in [2.24, 2.45) is 0 Å². The fourth-order valence-electron chi connectivity index (χ4n) is 2.61. The Morgan fingerprint density at radius 2 is 1.35 bits per heavy atom. The van der Waals surface area contributed by atoms with Gasteiger partial charge in [0, 0.05) is 0 Å². The number of unbranched alkanes of at least 4 members (excludes halogenated alkanes) is 4. The molecule has 0 bridgehead atoms. The van der Waals surface area contributed by atoms with Gasteiger partial charge in [-0.15, -0.1) is 0 Å². The third kappa shape index (κ3) is 8.56. The predicted molar refractivity (Wildman–Crippen MR) is 90.3 cm³/mol. The molecule has 0 aliphatic carbocycles. The molecule has 0 heterocycles. The van der Waals surface area contributed by atoms with Crippen molar-refractivity contribution in [3.63, 3.8) is 0 Å². The molecule has 4 heteroatoms. The Hall–Kier alpha value is 0.310. The molecule has 0 spiro atoms. The van der Waals surface area contributed by atoms with Gasteiger partial charge in [-0.2, -0.15) is 0 Å². The predicted octanol–water partition coefficient (Wildman–Crippen LogP) is 5.20. The van der Waals surface area contributed by atoms with E-state index in [0.717, 1.165) is 51.4 Å². The zero-order chi connectivity index (χ0) is 15.4. The molecule has 0 aromatic carbocycles. The third-order valence-electron chi connectivity index (χ3n) is 4.11. The molecule has 0 saturated carbocycles. The zero-order valence-electron chi connectivity index (χ0n) is 14.0. The van der Waals surface area contributed by atoms with Gasteiger partial charge in [0.25, 0.3) is 0 Å². The monoisotopic (exact) mass is 308 g/mol. The van der Waals surface area contributed by atoms with Gasteiger partial charge in [-0.1, -0.05) is 0 Å². The molecule has 0 aromatic heterocycles. The molecule has 2 N–H and O–H groups in total. The molecule has 0 saturated heterocycles. The van der Waals surface area contributed by atoms with Crippen LogP contribution in [0, 0.1) is 0 Å². The molecule has 0 radical (unpaired) electrons. The SMILES string of the molecule is CCCCCC(CC)O[PH](O)(O)C(CC)CCCCC. The second-order valence-electron chi connectivity index (χ2n) is 5.90. The Morgan fingerprint density at radius 3 is 1.80 bits per heavy atom. The summed E-state index contributed by atoms with van der Waals surface area (Å²) in [7, 11) is -3.53. The van der Waals surface area contributed by atoms with Crippen LogP contribution in [0.25, 0.3) is 0 Å². The molecule has 0 aliphatic heterocycles. The van der Waals surface area contributed by atoms with Crippen LogP contribution in [0.15, 0.2) is 0 Å². The molecule has 2 atom stereocenters. The maximum atomic E-state index is 10.4. The van der Waals surface area contributed by atoms with Gasteiger partial charge < -0.3 is 0 Å². The Kier molecular flexibility index (Phi) is 12.1. The quantitative estimate of drug-likeness (QED) is 0.363. The second kappa shape index (κ2) is 11.9. The number of rotatable bonds is 13. The van der Waals surface area contributed by atoms with Gasteiger partial charge in [0.2, 0.25) is 0 Å². The summed E-state index contributed by atoms with van der Waals surface area (Å²) in [6.07, 6.45) is 10.4. The molecule has 0 fully saturated rings. The average Bonchev–Trinajstić information content (AvgIpc) is 2.42. The first-order valence-corrected chi connectivity index (χ1v) is 10.5. The van der Waals surface area contributed by atoms with E-state index >= 15 is 0 Å². The summed E-state index contributed by atoms with van der Waals surface area (Å²) in [4.78, 5) is 20.8. The van der Waals surface area contributed by atoms with E-state index in [1.54, 1.807) is 0 Å². The zero-order valence-corrected chi connectivity index (χ0v) is 15.0. The summed E-state index contributed by atoms with van der Waals surface area (Å²) in [5.74, 6) is 0. The van der Waals surface area contributed by atoms with Crippen molar-refractivity contribution in [1.29, 1.82) is 0 Å². The summed E-state index contributed by atoms with van der Waals surface area (Å²) < 4.78 is 5.77. The first-order valence-electron chi connectivity index (χ1n) is 8.64. The molecule has 0 aromatic rings. The van der Waals surface area contributed by atoms with Crippen molar-refractivity contribution in [3.8, 4) is 0 Å². The Bertz CT molecular complexity index is 222. The van der Waals surface area contributed by atoms with Crippen molar-refractivity contribution in [3.05, 3.63) is 0 Å². The standard InChI is InChI=1S/C16H37O3P/c1-5-9-11-13-15(7-3)19-20(17,18)16(8-4)14-12-10-6-2/h15-18,20H,5-14H2,1-4H3. The first-order chi connectivity index (χ1) is 9.51. The van der Waals surface area contributed by atoms with Crippen molar-refractivity contribution < 1.29 is 14.3 Å². The van der Waals surface area contributed by atoms with E-state index in [-0.39, 0.29) is 11.8 Å². The van der Waals surface area contributed by atoms with Crippen LogP contribution in [0.4, 0.5) is 0 Å². The van der Waals surface area contributed by atoms with E-state index in [4.69, 9.17) is 4.52 Å². The third-order valence-corrected chi connectivity index (χ3v) is 6.55. The van der Waals surface area contributed by atoms with Gasteiger partial charge in [-0.3, -0.25) is 0 Å². The Labute approximate surface area is 126 Å². The van der Waals surface area contributed by atoms with E-state index < -0.39 is 7.94 Å². The molecule has 20 heavy (non-hydrogen) atoms. The molecule has 2 unspecified atom stereocenters. The van der Waals surface area contributed by atoms with E-state index in [1.807, 2.05) is 6.92 Å². The van der Waals surface area contributed by atoms with Crippen molar-refractivity contribution in [1.82, 2.24) is 0 Å². The van der Waals surface area contributed by atoms with E-state index in [9.17, 15) is 9.79 Å². The van der Waals surface area contributed by atoms with Crippen LogP contribution < -0.4 is 0 Å². The molecule has 0 amide bonds. The van der Waals surface area contributed by atoms with Crippen LogP contribution in [0.2, 0.25) is 0 Å². The summed E-state index contributed by atoms with van der Waals surface area (Å²) in [6.45, 7) is 8.45. The normalized spacial score (nSPS) is 16.1. The topological polar surface area (TPSA) is 49.7 Å². The van der Waals surface area contributed by atoms with E-state index in [1.165, 1.54) is 12.8 Å². The van der Waals surface area contributed by atoms with Crippen LogP contribution in [0.3, 0.4) is 0 Å². The van der Waals surface area contributed by atoms with Crippen molar-refractivity contribution >= 4 is 7.94 Å². The molecule has 0 rings (SSSR count). The number of hydrogen-bond acceptors (Lipinski definition) is 3. The average molecular weight is 308 g/mol. The minimum absolute atomic E-state index is 0.0171. The maximum absolute atomic E-state index is 10.4. The molecular weight excluding hydrogens is 271 g/mol. The van der Waals surface area contributed by atoms with Gasteiger partial charge in [-0.05, 0) is 0 Å². The molecule has 0 aliphatic rings. The van der Waals surface area contributed by atoms with E-state index in [2.05, 4.69) is 20.8 Å². The van der Waals surface area contributed by atoms with Crippen molar-refractivity contribution in [2.45, 2.75) is 104 Å². The summed E-state index contributed by atoms with van der Waals surface area (Å²) in [5, 5.41) is 0. The van der Waals surface area contributed by atoms with Crippen molar-refractivity contribution in [2.75, 3.05) is 0 Å². The van der Waals surface area contributed by atoms with Crippen LogP contribution >= 0.6 is 7.94 Å². The van der Waals surface area contributed by atoms with Crippen LogP contribution in [0.5, 0.6) is 0 Å². The molecule has 3 nitrogen and oxygen atoms in total. The fraction of sp³-hybridized carbons (Fsp3) is 1.00. The van der Waals surface area contributed by atoms with Crippen LogP contribution in [-0.4, -0.2) is 21.5 Å². The number of hydrogen-bond donors (Lipinski definition) is 2. The van der Waals surface area contributed by atoms with Gasteiger partial charge in [0.05, 0.1) is 0 Å². The van der Waals surface area contributed by atoms with Crippen LogP contribution in [0.1, 0.15) is 91.9 Å². The minimum atomic E-state index is -3.53.